The molecule has 0 radical (unpaired) electrons. The summed E-state index contributed by atoms with van der Waals surface area (Å²) in [6.07, 6.45) is 0. The molecule has 108 valence electrons. The van der Waals surface area contributed by atoms with Gasteiger partial charge in [0.2, 0.25) is 0 Å². The maximum Gasteiger partial charge on any atom is 0.273 e. The molecule has 0 amide bonds. The van der Waals surface area contributed by atoms with E-state index < -0.39 is 21.0 Å². The van der Waals surface area contributed by atoms with E-state index in [2.05, 4.69) is 10.2 Å². The van der Waals surface area contributed by atoms with Crippen molar-refractivity contribution in [1.82, 2.24) is 14.8 Å². The van der Waals surface area contributed by atoms with Gasteiger partial charge in [-0.2, -0.15) is 0 Å². The van der Waals surface area contributed by atoms with E-state index in [1.807, 2.05) is 0 Å². The lowest BCUT2D eigenvalue weighted by Crippen LogP contribution is -2.20. The van der Waals surface area contributed by atoms with Gasteiger partial charge in [-0.15, -0.1) is 10.2 Å². The largest absolute Gasteiger partial charge is 0.294 e. The lowest BCUT2D eigenvalue weighted by molar-refractivity contribution is 0.523. The number of halogens is 2. The number of primary sulfonamides is 1. The molecular formula is C11H12ClFN4O2S. The van der Waals surface area contributed by atoms with E-state index in [0.717, 1.165) is 0 Å². The van der Waals surface area contributed by atoms with Crippen LogP contribution in [-0.2, 0) is 10.0 Å². The van der Waals surface area contributed by atoms with Gasteiger partial charge in [0.1, 0.15) is 5.82 Å². The Morgan fingerprint density at radius 3 is 2.50 bits per heavy atom. The third-order valence-electron chi connectivity index (χ3n) is 2.62. The molecule has 6 nitrogen and oxygen atoms in total. The monoisotopic (exact) mass is 318 g/mol. The molecule has 0 saturated heterocycles. The van der Waals surface area contributed by atoms with Gasteiger partial charge in [0.15, 0.2) is 5.82 Å². The highest BCUT2D eigenvalue weighted by atomic mass is 35.5. The van der Waals surface area contributed by atoms with E-state index >= 15 is 0 Å². The van der Waals surface area contributed by atoms with Crippen LogP contribution in [0.15, 0.2) is 23.4 Å². The minimum Gasteiger partial charge on any atom is -0.294 e. The molecule has 1 heterocycles. The maximum absolute atomic E-state index is 13.9. The number of nitrogens with zero attached hydrogens (tertiary/aromatic N) is 3. The number of sulfonamides is 1. The van der Waals surface area contributed by atoms with Crippen LogP contribution in [0.1, 0.15) is 19.9 Å². The molecule has 0 aliphatic rings. The number of benzene rings is 1. The van der Waals surface area contributed by atoms with Crippen LogP contribution in [0.25, 0.3) is 11.4 Å². The summed E-state index contributed by atoms with van der Waals surface area (Å²) in [5.74, 6) is -0.597. The Balaban J connectivity index is 2.80. The van der Waals surface area contributed by atoms with Gasteiger partial charge in [-0.05, 0) is 26.0 Å². The van der Waals surface area contributed by atoms with Crippen LogP contribution in [0, 0.1) is 5.82 Å². The maximum atomic E-state index is 13.9. The molecule has 0 atom stereocenters. The summed E-state index contributed by atoms with van der Waals surface area (Å²) in [6.45, 7) is 3.41. The zero-order valence-electron chi connectivity index (χ0n) is 10.7. The van der Waals surface area contributed by atoms with Crippen molar-refractivity contribution < 1.29 is 12.8 Å². The van der Waals surface area contributed by atoms with Gasteiger partial charge in [-0.1, -0.05) is 17.7 Å². The molecule has 0 spiro atoms. The Bertz CT molecular complexity index is 738. The average Bonchev–Trinajstić information content (AvgIpc) is 2.73. The third kappa shape index (κ3) is 2.54. The topological polar surface area (TPSA) is 90.9 Å². The molecule has 0 fully saturated rings. The summed E-state index contributed by atoms with van der Waals surface area (Å²) in [4.78, 5) is 0. The van der Waals surface area contributed by atoms with Crippen LogP contribution in [0.4, 0.5) is 4.39 Å². The average molecular weight is 319 g/mol. The first-order valence-corrected chi connectivity index (χ1v) is 7.58. The molecule has 0 aliphatic carbocycles. The molecule has 1 aromatic carbocycles. The van der Waals surface area contributed by atoms with E-state index in [0.29, 0.717) is 0 Å². The predicted molar refractivity (Wildman–Crippen MR) is 72.2 cm³/mol. The Labute approximate surface area is 120 Å². The zero-order valence-corrected chi connectivity index (χ0v) is 12.3. The molecule has 9 heteroatoms. The van der Waals surface area contributed by atoms with Crippen LogP contribution in [0.2, 0.25) is 5.02 Å². The first-order chi connectivity index (χ1) is 9.23. The lowest BCUT2D eigenvalue weighted by atomic mass is 10.2. The summed E-state index contributed by atoms with van der Waals surface area (Å²) >= 11 is 5.96. The predicted octanol–water partition coefficient (Wildman–Crippen LogP) is 1.97. The molecule has 1 aromatic heterocycles. The quantitative estimate of drug-likeness (QED) is 0.936. The number of hydrogen-bond acceptors (Lipinski definition) is 4. The van der Waals surface area contributed by atoms with Gasteiger partial charge in [0.05, 0.1) is 10.6 Å². The van der Waals surface area contributed by atoms with E-state index in [-0.39, 0.29) is 22.5 Å². The van der Waals surface area contributed by atoms with Crippen LogP contribution >= 0.6 is 11.6 Å². The van der Waals surface area contributed by atoms with E-state index in [1.54, 1.807) is 13.8 Å². The fourth-order valence-corrected chi connectivity index (χ4v) is 2.79. The van der Waals surface area contributed by atoms with Crippen molar-refractivity contribution in [2.75, 3.05) is 0 Å². The van der Waals surface area contributed by atoms with E-state index in [1.165, 1.54) is 22.8 Å². The normalized spacial score (nSPS) is 12.1. The summed E-state index contributed by atoms with van der Waals surface area (Å²) in [6, 6.07) is 3.79. The standard InChI is InChI=1S/C11H12ClFN4O2S/c1-6(2)17-10(15-16-11(17)20(14,18)19)9-7(12)4-3-5-8(9)13/h3-6H,1-2H3,(H2,14,18,19). The van der Waals surface area contributed by atoms with Gasteiger partial charge in [-0.3, -0.25) is 4.57 Å². The molecule has 2 N–H and O–H groups in total. The highest BCUT2D eigenvalue weighted by Gasteiger charge is 2.26. The van der Waals surface area contributed by atoms with Crippen LogP contribution < -0.4 is 5.14 Å². The molecule has 2 aromatic rings. The van der Waals surface area contributed by atoms with Crippen LogP contribution in [-0.4, -0.2) is 23.2 Å². The lowest BCUT2D eigenvalue weighted by Gasteiger charge is -2.14. The summed E-state index contributed by atoms with van der Waals surface area (Å²) < 4.78 is 38.2. The van der Waals surface area contributed by atoms with Crippen molar-refractivity contribution in [2.45, 2.75) is 25.0 Å². The van der Waals surface area contributed by atoms with Gasteiger partial charge < -0.3 is 0 Å². The van der Waals surface area contributed by atoms with Crippen molar-refractivity contribution in [2.24, 2.45) is 5.14 Å². The van der Waals surface area contributed by atoms with Crippen molar-refractivity contribution in [3.63, 3.8) is 0 Å². The first-order valence-electron chi connectivity index (χ1n) is 5.65. The molecular weight excluding hydrogens is 307 g/mol. The van der Waals surface area contributed by atoms with Gasteiger partial charge in [-0.25, -0.2) is 17.9 Å². The van der Waals surface area contributed by atoms with Crippen LogP contribution in [0.3, 0.4) is 0 Å². The van der Waals surface area contributed by atoms with E-state index in [4.69, 9.17) is 16.7 Å². The fraction of sp³-hybridized carbons (Fsp3) is 0.273. The Kier molecular flexibility index (Phi) is 3.81. The third-order valence-corrected chi connectivity index (χ3v) is 3.72. The SMILES string of the molecule is CC(C)n1c(-c2c(F)cccc2Cl)nnc1S(N)(=O)=O. The molecule has 0 bridgehead atoms. The Morgan fingerprint density at radius 2 is 2.00 bits per heavy atom. The molecule has 0 aliphatic heterocycles. The highest BCUT2D eigenvalue weighted by Crippen LogP contribution is 2.31. The molecule has 2 rings (SSSR count). The van der Waals surface area contributed by atoms with Crippen molar-refractivity contribution in [1.29, 1.82) is 0 Å². The minimum absolute atomic E-state index is 0.00901. The number of aromatic nitrogens is 3. The second-order valence-corrected chi connectivity index (χ2v) is 6.27. The van der Waals surface area contributed by atoms with Gasteiger partial charge >= 0.3 is 0 Å². The molecule has 0 unspecified atom stereocenters. The summed E-state index contributed by atoms with van der Waals surface area (Å²) in [5, 5.41) is 12.0. The minimum atomic E-state index is -4.07. The summed E-state index contributed by atoms with van der Waals surface area (Å²) in [7, 11) is -4.07. The molecule has 0 saturated carbocycles. The van der Waals surface area contributed by atoms with Gasteiger partial charge in [0.25, 0.3) is 15.2 Å². The second-order valence-electron chi connectivity index (χ2n) is 4.41. The van der Waals surface area contributed by atoms with E-state index in [9.17, 15) is 12.8 Å². The number of rotatable bonds is 3. The highest BCUT2D eigenvalue weighted by molar-refractivity contribution is 7.89. The first kappa shape index (κ1) is 14.9. The fourth-order valence-electron chi connectivity index (χ4n) is 1.82. The number of nitrogens with two attached hydrogens (primary N) is 1. The van der Waals surface area contributed by atoms with Crippen LogP contribution in [0.5, 0.6) is 0 Å². The Morgan fingerprint density at radius 1 is 1.35 bits per heavy atom. The number of hydrogen-bond donors (Lipinski definition) is 1. The second kappa shape index (κ2) is 5.12. The Hall–Kier alpha value is -1.51. The van der Waals surface area contributed by atoms with Crippen molar-refractivity contribution in [3.05, 3.63) is 29.0 Å². The summed E-state index contributed by atoms with van der Waals surface area (Å²) in [5.41, 5.74) is -0.00901. The smallest absolute Gasteiger partial charge is 0.273 e. The van der Waals surface area contributed by atoms with Gasteiger partial charge in [0, 0.05) is 6.04 Å². The van der Waals surface area contributed by atoms with Crippen molar-refractivity contribution in [3.8, 4) is 11.4 Å². The zero-order chi connectivity index (χ0) is 15.1. The molecule has 20 heavy (non-hydrogen) atoms. The van der Waals surface area contributed by atoms with Crippen molar-refractivity contribution >= 4 is 21.6 Å².